The van der Waals surface area contributed by atoms with Gasteiger partial charge < -0.3 is 24.5 Å². The topological polar surface area (TPSA) is 84.2 Å². The first kappa shape index (κ1) is 24.0. The number of nitrogens with one attached hydrogen (secondary N) is 2. The molecule has 3 heterocycles. The Balaban J connectivity index is 1.29. The largest absolute Gasteiger partial charge is 0.444 e. The van der Waals surface area contributed by atoms with Gasteiger partial charge in [0.2, 0.25) is 5.89 Å². The number of hydrogen-bond donors (Lipinski definition) is 2. The van der Waals surface area contributed by atoms with Crippen molar-refractivity contribution in [3.8, 4) is 0 Å². The molecule has 1 aromatic rings. The third-order valence-electron chi connectivity index (χ3n) is 6.13. The maximum Gasteiger partial charge on any atom is 0.208 e. The summed E-state index contributed by atoms with van der Waals surface area (Å²) in [5.74, 6) is 3.90. The van der Waals surface area contributed by atoms with Crippen LogP contribution >= 0.6 is 0 Å². The van der Waals surface area contributed by atoms with Crippen LogP contribution in [0.4, 0.5) is 0 Å². The van der Waals surface area contributed by atoms with Crippen LogP contribution in [0, 0.1) is 25.7 Å². The van der Waals surface area contributed by atoms with E-state index in [4.69, 9.17) is 18.9 Å². The Morgan fingerprint density at radius 2 is 2.03 bits per heavy atom. The van der Waals surface area contributed by atoms with Crippen LogP contribution in [0.2, 0.25) is 0 Å². The zero-order chi connectivity index (χ0) is 21.9. The van der Waals surface area contributed by atoms with Crippen LogP contribution in [0.25, 0.3) is 0 Å². The molecule has 2 aliphatic heterocycles. The molecule has 31 heavy (non-hydrogen) atoms. The van der Waals surface area contributed by atoms with Gasteiger partial charge in [0, 0.05) is 38.8 Å². The lowest BCUT2D eigenvalue weighted by Crippen LogP contribution is -2.39. The van der Waals surface area contributed by atoms with E-state index in [9.17, 15) is 0 Å². The molecular formula is C23H41N5O3. The molecule has 8 heteroatoms. The molecule has 0 aromatic carbocycles. The van der Waals surface area contributed by atoms with Crippen molar-refractivity contribution in [2.24, 2.45) is 16.8 Å². The van der Waals surface area contributed by atoms with Gasteiger partial charge in [-0.05, 0) is 65.5 Å². The van der Waals surface area contributed by atoms with Gasteiger partial charge in [0.1, 0.15) is 5.76 Å². The lowest BCUT2D eigenvalue weighted by molar-refractivity contribution is 0.0888. The van der Waals surface area contributed by atoms with Gasteiger partial charge in [-0.3, -0.25) is 9.89 Å². The number of oxazole rings is 1. The first-order valence-corrected chi connectivity index (χ1v) is 12.0. The molecule has 8 nitrogen and oxygen atoms in total. The van der Waals surface area contributed by atoms with Crippen molar-refractivity contribution in [3.63, 3.8) is 0 Å². The van der Waals surface area contributed by atoms with E-state index >= 15 is 0 Å². The lowest BCUT2D eigenvalue weighted by atomic mass is 9.97. The summed E-state index contributed by atoms with van der Waals surface area (Å²) in [4.78, 5) is 11.8. The quantitative estimate of drug-likeness (QED) is 0.314. The number of rotatable bonds is 11. The Hall–Kier alpha value is -1.64. The van der Waals surface area contributed by atoms with Crippen molar-refractivity contribution in [2.75, 3.05) is 59.2 Å². The molecule has 2 N–H and O–H groups in total. The lowest BCUT2D eigenvalue weighted by Gasteiger charge is -2.30. The fourth-order valence-electron chi connectivity index (χ4n) is 4.03. The Labute approximate surface area is 187 Å². The van der Waals surface area contributed by atoms with E-state index in [0.29, 0.717) is 11.8 Å². The molecule has 2 saturated heterocycles. The second-order valence-electron chi connectivity index (χ2n) is 8.77. The highest BCUT2D eigenvalue weighted by atomic mass is 16.5. The van der Waals surface area contributed by atoms with E-state index < -0.39 is 0 Å². The van der Waals surface area contributed by atoms with E-state index in [-0.39, 0.29) is 0 Å². The summed E-state index contributed by atoms with van der Waals surface area (Å²) < 4.78 is 16.9. The molecule has 176 valence electrons. The SMILES string of the molecule is CCNC(=NCC1CCN(Cc2nc(C)c(C)o2)CC1)NCCCOCC1CCOC1. The molecule has 3 rings (SSSR count). The zero-order valence-electron chi connectivity index (χ0n) is 19.6. The van der Waals surface area contributed by atoms with Crippen LogP contribution in [0.3, 0.4) is 0 Å². The molecule has 0 bridgehead atoms. The predicted octanol–water partition coefficient (Wildman–Crippen LogP) is 2.50. The summed E-state index contributed by atoms with van der Waals surface area (Å²) in [5, 5.41) is 6.80. The fraction of sp³-hybridized carbons (Fsp3) is 0.826. The third kappa shape index (κ3) is 8.43. The number of hydrogen-bond acceptors (Lipinski definition) is 6. The van der Waals surface area contributed by atoms with E-state index in [1.54, 1.807) is 0 Å². The molecular weight excluding hydrogens is 394 g/mol. The fourth-order valence-corrected chi connectivity index (χ4v) is 4.03. The summed E-state index contributed by atoms with van der Waals surface area (Å²) in [6.07, 6.45) is 4.45. The highest BCUT2D eigenvalue weighted by Gasteiger charge is 2.21. The first-order chi connectivity index (χ1) is 15.1. The van der Waals surface area contributed by atoms with Crippen LogP contribution < -0.4 is 10.6 Å². The summed E-state index contributed by atoms with van der Waals surface area (Å²) in [6, 6.07) is 0. The van der Waals surface area contributed by atoms with Gasteiger partial charge in [0.15, 0.2) is 5.96 Å². The standard InChI is InChI=1S/C23H41N5O3/c1-4-24-23(25-9-5-12-29-16-21-8-13-30-17-21)26-14-20-6-10-28(11-7-20)15-22-27-18(2)19(3)31-22/h20-21H,4-17H2,1-3H3,(H2,24,25,26). The Morgan fingerprint density at radius 1 is 1.19 bits per heavy atom. The minimum Gasteiger partial charge on any atom is -0.444 e. The van der Waals surface area contributed by atoms with Gasteiger partial charge >= 0.3 is 0 Å². The number of aromatic nitrogens is 1. The maximum absolute atomic E-state index is 5.78. The monoisotopic (exact) mass is 435 g/mol. The Morgan fingerprint density at radius 3 is 2.71 bits per heavy atom. The predicted molar refractivity (Wildman–Crippen MR) is 122 cm³/mol. The number of aliphatic imine (C=N–C) groups is 1. The molecule has 0 aliphatic carbocycles. The van der Waals surface area contributed by atoms with Crippen LogP contribution in [-0.2, 0) is 16.0 Å². The van der Waals surface area contributed by atoms with Gasteiger partial charge in [-0.25, -0.2) is 4.98 Å². The van der Waals surface area contributed by atoms with Crippen molar-refractivity contribution in [3.05, 3.63) is 17.3 Å². The van der Waals surface area contributed by atoms with E-state index in [1.807, 2.05) is 13.8 Å². The number of ether oxygens (including phenoxy) is 2. The van der Waals surface area contributed by atoms with Crippen molar-refractivity contribution >= 4 is 5.96 Å². The summed E-state index contributed by atoms with van der Waals surface area (Å²) in [6.45, 7) is 15.0. The van der Waals surface area contributed by atoms with Gasteiger partial charge in [-0.2, -0.15) is 0 Å². The maximum atomic E-state index is 5.78. The number of likely N-dealkylation sites (tertiary alicyclic amines) is 1. The zero-order valence-corrected chi connectivity index (χ0v) is 19.6. The Bertz CT molecular complexity index is 645. The molecule has 2 fully saturated rings. The van der Waals surface area contributed by atoms with Gasteiger partial charge in [0.05, 0.1) is 25.5 Å². The highest BCUT2D eigenvalue weighted by molar-refractivity contribution is 5.79. The average molecular weight is 436 g/mol. The summed E-state index contributed by atoms with van der Waals surface area (Å²) in [7, 11) is 0. The molecule has 2 aliphatic rings. The number of guanidine groups is 1. The molecule has 1 aromatic heterocycles. The average Bonchev–Trinajstić information content (AvgIpc) is 3.39. The molecule has 0 saturated carbocycles. The summed E-state index contributed by atoms with van der Waals surface area (Å²) >= 11 is 0. The molecule has 0 amide bonds. The van der Waals surface area contributed by atoms with Crippen molar-refractivity contribution in [1.29, 1.82) is 0 Å². The van der Waals surface area contributed by atoms with Crippen LogP contribution in [0.5, 0.6) is 0 Å². The molecule has 1 atom stereocenters. The van der Waals surface area contributed by atoms with E-state index in [2.05, 4.69) is 27.4 Å². The van der Waals surface area contributed by atoms with Crippen LogP contribution in [-0.4, -0.2) is 75.0 Å². The second-order valence-corrected chi connectivity index (χ2v) is 8.77. The summed E-state index contributed by atoms with van der Waals surface area (Å²) in [5.41, 5.74) is 0.998. The smallest absolute Gasteiger partial charge is 0.208 e. The molecule has 1 unspecified atom stereocenters. The van der Waals surface area contributed by atoms with E-state index in [0.717, 1.165) is 102 Å². The van der Waals surface area contributed by atoms with Crippen molar-refractivity contribution in [2.45, 2.75) is 53.0 Å². The van der Waals surface area contributed by atoms with Gasteiger partial charge in [0.25, 0.3) is 0 Å². The van der Waals surface area contributed by atoms with Gasteiger partial charge in [-0.1, -0.05) is 0 Å². The second kappa shape index (κ2) is 13.0. The number of piperidine rings is 1. The van der Waals surface area contributed by atoms with Gasteiger partial charge in [-0.15, -0.1) is 0 Å². The normalized spacial score (nSPS) is 21.0. The molecule has 0 spiro atoms. The van der Waals surface area contributed by atoms with Crippen LogP contribution in [0.15, 0.2) is 9.41 Å². The van der Waals surface area contributed by atoms with Crippen molar-refractivity contribution in [1.82, 2.24) is 20.5 Å². The Kier molecular flexibility index (Phi) is 10.1. The molecule has 0 radical (unpaired) electrons. The minimum absolute atomic E-state index is 0.585. The number of nitrogens with zero attached hydrogens (tertiary/aromatic N) is 3. The van der Waals surface area contributed by atoms with E-state index in [1.165, 1.54) is 12.8 Å². The minimum atomic E-state index is 0.585. The number of aryl methyl sites for hydroxylation is 2. The first-order valence-electron chi connectivity index (χ1n) is 12.0. The van der Waals surface area contributed by atoms with Crippen LogP contribution in [0.1, 0.15) is 50.0 Å². The van der Waals surface area contributed by atoms with Crippen molar-refractivity contribution < 1.29 is 13.9 Å². The highest BCUT2D eigenvalue weighted by Crippen LogP contribution is 2.20. The third-order valence-corrected chi connectivity index (χ3v) is 6.13.